The van der Waals surface area contributed by atoms with Gasteiger partial charge in [-0.05, 0) is 104 Å². The summed E-state index contributed by atoms with van der Waals surface area (Å²) in [6.07, 6.45) is -14.8. The second-order valence-corrected chi connectivity index (χ2v) is 8.18. The van der Waals surface area contributed by atoms with E-state index in [0.717, 1.165) is 33.3 Å². The number of likely N-dealkylation sites (tertiary alicyclic amines) is 1. The second-order valence-electron chi connectivity index (χ2n) is 8.18. The Kier molecular flexibility index (Phi) is 3.89. The summed E-state index contributed by atoms with van der Waals surface area (Å²) < 4.78 is 106. The Labute approximate surface area is 224 Å². The summed E-state index contributed by atoms with van der Waals surface area (Å²) in [7, 11) is 0. The number of aromatic hydroxyl groups is 2. The third-order valence-electron chi connectivity index (χ3n) is 5.86. The van der Waals surface area contributed by atoms with Crippen LogP contribution in [0.2, 0.25) is 0 Å². The van der Waals surface area contributed by atoms with E-state index in [-0.39, 0.29) is 16.4 Å². The van der Waals surface area contributed by atoms with Crippen LogP contribution < -0.4 is 4.74 Å². The molecule has 182 valence electrons. The first-order valence-corrected chi connectivity index (χ1v) is 11.2. The van der Waals surface area contributed by atoms with Gasteiger partial charge in [-0.2, -0.15) is 0 Å². The van der Waals surface area contributed by atoms with Gasteiger partial charge in [0.1, 0.15) is 23.9 Å². The molecule has 0 saturated carbocycles. The van der Waals surface area contributed by atoms with Crippen LogP contribution in [0.1, 0.15) is 53.1 Å². The number of phenols is 2. The molecule has 0 spiro atoms. The van der Waals surface area contributed by atoms with Crippen LogP contribution in [0.4, 0.5) is 0 Å². The number of benzene rings is 3. The van der Waals surface area contributed by atoms with Gasteiger partial charge in [0.15, 0.2) is 0 Å². The number of fused-ring (bicyclic) bond motifs is 1. The average Bonchev–Trinajstić information content (AvgIpc) is 3.25. The van der Waals surface area contributed by atoms with Gasteiger partial charge in [0.2, 0.25) is 0 Å². The maximum atomic E-state index is 10.1. The highest BCUT2D eigenvalue weighted by Gasteiger charge is 2.17. The minimum atomic E-state index is -3.75. The molecule has 2 N–H and O–H groups in total. The summed E-state index contributed by atoms with van der Waals surface area (Å²) in [5, 5.41) is 20.8. The highest BCUT2D eigenvalue weighted by molar-refractivity contribution is 5.92. The topological polar surface area (TPSA) is 57.9 Å². The lowest BCUT2D eigenvalue weighted by atomic mass is 10.1. The van der Waals surface area contributed by atoms with Crippen molar-refractivity contribution in [1.29, 1.82) is 0 Å². The lowest BCUT2D eigenvalue weighted by Gasteiger charge is -2.19. The lowest BCUT2D eigenvalue weighted by molar-refractivity contribution is 0.214. The summed E-state index contributed by atoms with van der Waals surface area (Å²) in [5.41, 5.74) is 4.41. The number of aromatic nitrogens is 1. The predicted molar refractivity (Wildman–Crippen MR) is 141 cm³/mol. The van der Waals surface area contributed by atoms with Gasteiger partial charge < -0.3 is 19.5 Å². The zero-order valence-electron chi connectivity index (χ0n) is 31.2. The van der Waals surface area contributed by atoms with Gasteiger partial charge in [-0.15, -0.1) is 0 Å². The van der Waals surface area contributed by atoms with Gasteiger partial charge >= 0.3 is 0 Å². The zero-order valence-corrected chi connectivity index (χ0v) is 19.2. The minimum absolute atomic E-state index is 0.127. The number of phenolic OH excluding ortho intramolecular Hbond substituents is 2. The molecular formula is C30H34N2O3. The van der Waals surface area contributed by atoms with E-state index in [1.165, 1.54) is 0 Å². The van der Waals surface area contributed by atoms with Crippen molar-refractivity contribution >= 4 is 10.9 Å². The van der Waals surface area contributed by atoms with Crippen LogP contribution in [0.5, 0.6) is 17.2 Å². The Morgan fingerprint density at radius 3 is 2.26 bits per heavy atom. The summed E-state index contributed by atoms with van der Waals surface area (Å²) in [6.45, 7) is -5.78. The normalized spacial score (nSPS) is 28.5. The average molecular weight is 483 g/mol. The van der Waals surface area contributed by atoms with E-state index in [1.807, 2.05) is 13.0 Å². The SMILES string of the molecule is [2H]C1([2H])N(CCOc2ccc(Cn3c(-c4ccc(O)cc4)c(C)c4cc(O)ccc43)cc2)C([2H])([2H])C([2H])([2H])C([2H])([2H])C([2H])([2H])C1([2H])[2H]. The third-order valence-corrected chi connectivity index (χ3v) is 5.86. The van der Waals surface area contributed by atoms with Gasteiger partial charge in [0.25, 0.3) is 0 Å². The molecule has 0 atom stereocenters. The summed E-state index contributed by atoms with van der Waals surface area (Å²) in [5.74, 6) is 0.547. The summed E-state index contributed by atoms with van der Waals surface area (Å²) >= 11 is 0. The Morgan fingerprint density at radius 2 is 1.54 bits per heavy atom. The van der Waals surface area contributed by atoms with E-state index in [9.17, 15) is 10.2 Å². The monoisotopic (exact) mass is 482 g/mol. The number of ether oxygens (including phenoxy) is 1. The Balaban J connectivity index is 1.39. The van der Waals surface area contributed by atoms with E-state index in [2.05, 4.69) is 4.57 Å². The van der Waals surface area contributed by atoms with Gasteiger partial charge in [-0.25, -0.2) is 0 Å². The number of hydrogen-bond acceptors (Lipinski definition) is 4. The van der Waals surface area contributed by atoms with E-state index in [0.29, 0.717) is 12.3 Å². The molecule has 0 radical (unpaired) electrons. The van der Waals surface area contributed by atoms with Crippen molar-refractivity contribution in [3.05, 3.63) is 77.9 Å². The minimum Gasteiger partial charge on any atom is -0.508 e. The maximum absolute atomic E-state index is 10.1. The van der Waals surface area contributed by atoms with Crippen molar-refractivity contribution < 1.29 is 31.4 Å². The van der Waals surface area contributed by atoms with Crippen LogP contribution in [-0.4, -0.2) is 45.8 Å². The van der Waals surface area contributed by atoms with Crippen LogP contribution in [0.25, 0.3) is 22.2 Å². The molecule has 4 aromatic rings. The van der Waals surface area contributed by atoms with E-state index in [1.54, 1.807) is 60.7 Å². The first-order chi connectivity index (χ1) is 21.6. The van der Waals surface area contributed by atoms with Gasteiger partial charge in [0, 0.05) is 40.4 Å². The molecule has 5 rings (SSSR count). The third kappa shape index (κ3) is 5.30. The van der Waals surface area contributed by atoms with Gasteiger partial charge in [0.05, 0.1) is 5.69 Å². The molecule has 5 heteroatoms. The van der Waals surface area contributed by atoms with Crippen LogP contribution in [0.3, 0.4) is 0 Å². The molecule has 5 nitrogen and oxygen atoms in total. The van der Waals surface area contributed by atoms with Crippen LogP contribution >= 0.6 is 0 Å². The fourth-order valence-corrected chi connectivity index (χ4v) is 4.19. The van der Waals surface area contributed by atoms with Crippen molar-refractivity contribution in [2.75, 3.05) is 26.1 Å². The molecule has 3 aromatic carbocycles. The number of nitrogens with zero attached hydrogens (tertiary/aromatic N) is 2. The van der Waals surface area contributed by atoms with Crippen molar-refractivity contribution in [3.63, 3.8) is 0 Å². The molecule has 0 bridgehead atoms. The lowest BCUT2D eigenvalue weighted by Crippen LogP contribution is -2.29. The molecule has 0 aliphatic carbocycles. The molecule has 35 heavy (non-hydrogen) atoms. The van der Waals surface area contributed by atoms with Crippen molar-refractivity contribution in [3.8, 4) is 28.5 Å². The quantitative estimate of drug-likeness (QED) is 0.323. The molecule has 1 aliphatic rings. The number of rotatable bonds is 7. The van der Waals surface area contributed by atoms with Crippen LogP contribution in [-0.2, 0) is 6.54 Å². The van der Waals surface area contributed by atoms with E-state index >= 15 is 0 Å². The number of hydrogen-bond donors (Lipinski definition) is 2. The second kappa shape index (κ2) is 10.4. The van der Waals surface area contributed by atoms with Crippen LogP contribution in [0, 0.1) is 6.92 Å². The van der Waals surface area contributed by atoms with Crippen molar-refractivity contribution in [2.45, 2.75) is 39.0 Å². The first-order valence-electron chi connectivity index (χ1n) is 17.2. The fourth-order valence-electron chi connectivity index (χ4n) is 4.19. The van der Waals surface area contributed by atoms with Gasteiger partial charge in [-0.1, -0.05) is 24.9 Å². The van der Waals surface area contributed by atoms with E-state index < -0.39 is 51.6 Å². The Morgan fingerprint density at radius 1 is 0.857 bits per heavy atom. The Hall–Kier alpha value is -3.44. The smallest absolute Gasteiger partial charge is 0.119 e. The summed E-state index contributed by atoms with van der Waals surface area (Å²) in [4.78, 5) is 0.166. The molecule has 1 aliphatic heterocycles. The first kappa shape index (κ1) is 13.0. The number of aryl methyl sites for hydroxylation is 1. The molecule has 2 heterocycles. The molecule has 1 aromatic heterocycles. The van der Waals surface area contributed by atoms with Gasteiger partial charge in [-0.3, -0.25) is 4.90 Å². The molecule has 1 saturated heterocycles. The predicted octanol–water partition coefficient (Wildman–Crippen LogP) is 6.33. The molecular weight excluding hydrogens is 436 g/mol. The van der Waals surface area contributed by atoms with Crippen molar-refractivity contribution in [1.82, 2.24) is 9.47 Å². The van der Waals surface area contributed by atoms with Crippen LogP contribution in [0.15, 0.2) is 66.7 Å². The fraction of sp³-hybridized carbons (Fsp3) is 0.333. The maximum Gasteiger partial charge on any atom is 0.119 e. The standard InChI is InChI=1S/C30H34N2O3/c1-22-28-20-26(34)12-15-29(28)32(30(22)24-8-10-25(33)11-9-24)21-23-6-13-27(14-7-23)35-19-18-31-16-4-2-3-5-17-31/h6-15,20,33-34H,2-5,16-19,21H2,1H3/i2D2,3D2,4D2,5D2,16D2,17D2. The molecule has 0 unspecified atom stereocenters. The van der Waals surface area contributed by atoms with Crippen molar-refractivity contribution in [2.24, 2.45) is 0 Å². The molecule has 1 fully saturated rings. The van der Waals surface area contributed by atoms with E-state index in [4.69, 9.17) is 21.2 Å². The highest BCUT2D eigenvalue weighted by Crippen LogP contribution is 2.36. The zero-order chi connectivity index (χ0) is 35.0. The Bertz CT molecular complexity index is 1750. The molecule has 0 amide bonds. The largest absolute Gasteiger partial charge is 0.508 e. The summed E-state index contributed by atoms with van der Waals surface area (Å²) in [6, 6.07) is 18.7. The highest BCUT2D eigenvalue weighted by atomic mass is 16.5.